The number of hydrogen-bond donors (Lipinski definition) is 1. The van der Waals surface area contributed by atoms with Crippen LogP contribution in [-0.4, -0.2) is 32.3 Å². The van der Waals surface area contributed by atoms with Gasteiger partial charge in [-0.1, -0.05) is 29.8 Å². The molecule has 0 fully saturated rings. The molecule has 0 saturated carbocycles. The first-order chi connectivity index (χ1) is 13.6. The second-order valence-electron chi connectivity index (χ2n) is 6.25. The number of nitrogens with one attached hydrogen (secondary N) is 1. The number of ether oxygens (including phenoxy) is 1. The van der Waals surface area contributed by atoms with Crippen LogP contribution in [0.25, 0.3) is 11.4 Å². The molecule has 3 heterocycles. The van der Waals surface area contributed by atoms with Crippen LogP contribution in [0.2, 0.25) is 5.02 Å². The number of nitrogens with zero attached hydrogens (tertiary/aromatic N) is 4. The first-order valence-electron chi connectivity index (χ1n) is 8.86. The highest BCUT2D eigenvalue weighted by Crippen LogP contribution is 2.39. The van der Waals surface area contributed by atoms with Crippen LogP contribution < -0.4 is 5.32 Å². The molecule has 1 aliphatic rings. The number of esters is 1. The summed E-state index contributed by atoms with van der Waals surface area (Å²) in [6.45, 7) is 3.87. The maximum absolute atomic E-state index is 12.8. The molecule has 0 amide bonds. The molecule has 3 aromatic rings. The Kier molecular flexibility index (Phi) is 4.83. The van der Waals surface area contributed by atoms with E-state index in [-0.39, 0.29) is 6.61 Å². The molecule has 28 heavy (non-hydrogen) atoms. The SMILES string of the molecule is CCOC(=O)C1=C(C)Nc2nc(-c3cccnc3)nn2C1c1ccccc1Cl. The number of carbonyl (C=O) groups is 1. The van der Waals surface area contributed by atoms with Crippen molar-refractivity contribution in [1.82, 2.24) is 19.7 Å². The van der Waals surface area contributed by atoms with E-state index in [2.05, 4.69) is 20.4 Å². The van der Waals surface area contributed by atoms with Gasteiger partial charge in [0, 0.05) is 34.2 Å². The Labute approximate surface area is 167 Å². The highest BCUT2D eigenvalue weighted by Gasteiger charge is 2.36. The van der Waals surface area contributed by atoms with Crippen LogP contribution in [-0.2, 0) is 9.53 Å². The van der Waals surface area contributed by atoms with Crippen molar-refractivity contribution >= 4 is 23.5 Å². The molecule has 0 aliphatic carbocycles. The number of rotatable bonds is 4. The second kappa shape index (κ2) is 7.44. The topological polar surface area (TPSA) is 81.9 Å². The Morgan fingerprint density at radius 2 is 2.11 bits per heavy atom. The Balaban J connectivity index is 1.89. The van der Waals surface area contributed by atoms with Gasteiger partial charge >= 0.3 is 5.97 Å². The standard InChI is InChI=1S/C20H18ClN5O2/c1-3-28-19(27)16-12(2)23-20-24-18(13-7-6-10-22-11-13)25-26(20)17(16)14-8-4-5-9-15(14)21/h4-11,17H,3H2,1-2H3,(H,23,24,25). The van der Waals surface area contributed by atoms with E-state index in [0.29, 0.717) is 28.1 Å². The number of halogens is 1. The van der Waals surface area contributed by atoms with E-state index in [0.717, 1.165) is 11.1 Å². The molecule has 4 rings (SSSR count). The molecule has 7 nitrogen and oxygen atoms in total. The number of allylic oxidation sites excluding steroid dienone is 1. The highest BCUT2D eigenvalue weighted by molar-refractivity contribution is 6.31. The van der Waals surface area contributed by atoms with Crippen molar-refractivity contribution in [3.05, 3.63) is 70.6 Å². The van der Waals surface area contributed by atoms with Gasteiger partial charge in [-0.05, 0) is 32.0 Å². The third-order valence-corrected chi connectivity index (χ3v) is 4.81. The Hall–Kier alpha value is -3.19. The van der Waals surface area contributed by atoms with Crippen LogP contribution in [0.5, 0.6) is 0 Å². The minimum absolute atomic E-state index is 0.274. The van der Waals surface area contributed by atoms with Gasteiger partial charge in [-0.3, -0.25) is 4.98 Å². The van der Waals surface area contributed by atoms with Gasteiger partial charge in [-0.25, -0.2) is 9.48 Å². The van der Waals surface area contributed by atoms with E-state index in [9.17, 15) is 4.79 Å². The minimum Gasteiger partial charge on any atom is -0.463 e. The molecule has 1 aliphatic heterocycles. The van der Waals surface area contributed by atoms with E-state index in [1.54, 1.807) is 30.1 Å². The van der Waals surface area contributed by atoms with Crippen molar-refractivity contribution in [3.8, 4) is 11.4 Å². The van der Waals surface area contributed by atoms with Crippen LogP contribution in [0.3, 0.4) is 0 Å². The third kappa shape index (κ3) is 3.14. The zero-order valence-corrected chi connectivity index (χ0v) is 16.1. The number of aromatic nitrogens is 4. The summed E-state index contributed by atoms with van der Waals surface area (Å²) in [4.78, 5) is 21.5. The normalized spacial score (nSPS) is 15.8. The predicted molar refractivity (Wildman–Crippen MR) is 106 cm³/mol. The molecule has 1 atom stereocenters. The average molecular weight is 396 g/mol. The lowest BCUT2D eigenvalue weighted by molar-refractivity contribution is -0.139. The van der Waals surface area contributed by atoms with Gasteiger partial charge in [0.25, 0.3) is 0 Å². The molecule has 0 bridgehead atoms. The average Bonchev–Trinajstić information content (AvgIpc) is 3.12. The van der Waals surface area contributed by atoms with Gasteiger partial charge in [-0.15, -0.1) is 5.10 Å². The molecule has 1 N–H and O–H groups in total. The summed E-state index contributed by atoms with van der Waals surface area (Å²) in [7, 11) is 0. The molecule has 1 unspecified atom stereocenters. The summed E-state index contributed by atoms with van der Waals surface area (Å²) in [5, 5.41) is 8.35. The van der Waals surface area contributed by atoms with Gasteiger partial charge in [-0.2, -0.15) is 4.98 Å². The highest BCUT2D eigenvalue weighted by atomic mass is 35.5. The molecule has 0 saturated heterocycles. The molecule has 0 spiro atoms. The fourth-order valence-corrected chi connectivity index (χ4v) is 3.47. The lowest BCUT2D eigenvalue weighted by Gasteiger charge is -2.28. The summed E-state index contributed by atoms with van der Waals surface area (Å²) < 4.78 is 6.97. The molecule has 1 aromatic carbocycles. The summed E-state index contributed by atoms with van der Waals surface area (Å²) in [6.07, 6.45) is 3.38. The Morgan fingerprint density at radius 1 is 1.29 bits per heavy atom. The number of fused-ring (bicyclic) bond motifs is 1. The molecule has 8 heteroatoms. The van der Waals surface area contributed by atoms with Crippen molar-refractivity contribution in [2.75, 3.05) is 11.9 Å². The van der Waals surface area contributed by atoms with Crippen LogP contribution >= 0.6 is 11.6 Å². The van der Waals surface area contributed by atoms with Gasteiger partial charge in [0.15, 0.2) is 5.82 Å². The first kappa shape index (κ1) is 18.2. The third-order valence-electron chi connectivity index (χ3n) is 4.47. The van der Waals surface area contributed by atoms with E-state index in [1.165, 1.54) is 0 Å². The van der Waals surface area contributed by atoms with Crippen molar-refractivity contribution < 1.29 is 9.53 Å². The quantitative estimate of drug-likeness (QED) is 0.676. The molecule has 0 radical (unpaired) electrons. The lowest BCUT2D eigenvalue weighted by Crippen LogP contribution is -2.29. The van der Waals surface area contributed by atoms with Gasteiger partial charge in [0.05, 0.1) is 12.2 Å². The van der Waals surface area contributed by atoms with Gasteiger partial charge in [0.1, 0.15) is 6.04 Å². The fraction of sp³-hybridized carbons (Fsp3) is 0.200. The zero-order valence-electron chi connectivity index (χ0n) is 15.4. The van der Waals surface area contributed by atoms with E-state index in [4.69, 9.17) is 16.3 Å². The summed E-state index contributed by atoms with van der Waals surface area (Å²) >= 11 is 6.48. The molecule has 2 aromatic heterocycles. The summed E-state index contributed by atoms with van der Waals surface area (Å²) in [6, 6.07) is 10.5. The minimum atomic E-state index is -0.554. The number of hydrogen-bond acceptors (Lipinski definition) is 6. The van der Waals surface area contributed by atoms with Crippen LogP contribution in [0.15, 0.2) is 60.1 Å². The largest absolute Gasteiger partial charge is 0.463 e. The van der Waals surface area contributed by atoms with Crippen LogP contribution in [0.1, 0.15) is 25.5 Å². The monoisotopic (exact) mass is 395 g/mol. The fourth-order valence-electron chi connectivity index (χ4n) is 3.23. The van der Waals surface area contributed by atoms with E-state index in [1.807, 2.05) is 37.3 Å². The van der Waals surface area contributed by atoms with Gasteiger partial charge < -0.3 is 10.1 Å². The number of anilines is 1. The Morgan fingerprint density at radius 3 is 2.82 bits per heavy atom. The van der Waals surface area contributed by atoms with Crippen LogP contribution in [0.4, 0.5) is 5.95 Å². The number of pyridine rings is 1. The Bertz CT molecular complexity index is 1060. The second-order valence-corrected chi connectivity index (χ2v) is 6.66. The molecular weight excluding hydrogens is 378 g/mol. The summed E-state index contributed by atoms with van der Waals surface area (Å²) in [5.41, 5.74) is 2.63. The lowest BCUT2D eigenvalue weighted by atomic mass is 9.96. The van der Waals surface area contributed by atoms with Crippen molar-refractivity contribution in [2.45, 2.75) is 19.9 Å². The molecular formula is C20H18ClN5O2. The van der Waals surface area contributed by atoms with Crippen molar-refractivity contribution in [3.63, 3.8) is 0 Å². The zero-order chi connectivity index (χ0) is 19.7. The number of benzene rings is 1. The van der Waals surface area contributed by atoms with Crippen LogP contribution in [0, 0.1) is 0 Å². The summed E-state index contributed by atoms with van der Waals surface area (Å²) in [5.74, 6) is 0.612. The molecule has 142 valence electrons. The van der Waals surface area contributed by atoms with Crippen molar-refractivity contribution in [2.24, 2.45) is 0 Å². The maximum atomic E-state index is 12.8. The maximum Gasteiger partial charge on any atom is 0.338 e. The van der Waals surface area contributed by atoms with Crippen molar-refractivity contribution in [1.29, 1.82) is 0 Å². The number of carbonyl (C=O) groups excluding carboxylic acids is 1. The van der Waals surface area contributed by atoms with E-state index >= 15 is 0 Å². The smallest absolute Gasteiger partial charge is 0.338 e. The van der Waals surface area contributed by atoms with E-state index < -0.39 is 12.0 Å². The van der Waals surface area contributed by atoms with Gasteiger partial charge in [0.2, 0.25) is 5.95 Å². The predicted octanol–water partition coefficient (Wildman–Crippen LogP) is 3.85. The first-order valence-corrected chi connectivity index (χ1v) is 9.24.